The van der Waals surface area contributed by atoms with Crippen LogP contribution in [0, 0.1) is 0 Å². The molecular formula is C18H24N2O. The standard InChI is InChI=1S/C18H24N2O/c19-12-11-18(21)15-20(13-16-7-3-1-4-8-16)14-17-9-5-2-6-10-17/h1-10,18,21H,11-15,19H2. The minimum Gasteiger partial charge on any atom is -0.392 e. The Morgan fingerprint density at radius 3 is 1.76 bits per heavy atom. The first-order valence-electron chi connectivity index (χ1n) is 7.46. The fourth-order valence-corrected chi connectivity index (χ4v) is 2.45. The number of benzene rings is 2. The van der Waals surface area contributed by atoms with E-state index in [0.717, 1.165) is 13.1 Å². The average molecular weight is 284 g/mol. The molecule has 0 aliphatic heterocycles. The van der Waals surface area contributed by atoms with Crippen molar-refractivity contribution in [2.45, 2.75) is 25.6 Å². The largest absolute Gasteiger partial charge is 0.392 e. The topological polar surface area (TPSA) is 49.5 Å². The smallest absolute Gasteiger partial charge is 0.0679 e. The average Bonchev–Trinajstić information content (AvgIpc) is 2.49. The molecule has 0 amide bonds. The fourth-order valence-electron chi connectivity index (χ4n) is 2.45. The molecule has 2 rings (SSSR count). The second-order valence-electron chi connectivity index (χ2n) is 5.37. The van der Waals surface area contributed by atoms with E-state index in [9.17, 15) is 5.11 Å². The minimum atomic E-state index is -0.373. The van der Waals surface area contributed by atoms with Crippen LogP contribution < -0.4 is 5.73 Å². The predicted octanol–water partition coefficient (Wildman–Crippen LogP) is 2.40. The number of aliphatic hydroxyl groups excluding tert-OH is 1. The monoisotopic (exact) mass is 284 g/mol. The summed E-state index contributed by atoms with van der Waals surface area (Å²) in [6.45, 7) is 2.82. The first-order valence-corrected chi connectivity index (χ1v) is 7.46. The van der Waals surface area contributed by atoms with Gasteiger partial charge in [0.1, 0.15) is 0 Å². The molecule has 0 saturated carbocycles. The molecule has 0 bridgehead atoms. The van der Waals surface area contributed by atoms with Crippen LogP contribution in [0.5, 0.6) is 0 Å². The van der Waals surface area contributed by atoms with Crippen LogP contribution >= 0.6 is 0 Å². The Kier molecular flexibility index (Phi) is 6.41. The summed E-state index contributed by atoms with van der Waals surface area (Å²) in [5.74, 6) is 0. The summed E-state index contributed by atoms with van der Waals surface area (Å²) >= 11 is 0. The number of hydrogen-bond acceptors (Lipinski definition) is 3. The number of aliphatic hydroxyl groups is 1. The second-order valence-corrected chi connectivity index (χ2v) is 5.37. The lowest BCUT2D eigenvalue weighted by atomic mass is 10.1. The van der Waals surface area contributed by atoms with E-state index in [0.29, 0.717) is 19.5 Å². The summed E-state index contributed by atoms with van der Waals surface area (Å²) in [4.78, 5) is 2.27. The van der Waals surface area contributed by atoms with Crippen molar-refractivity contribution in [3.63, 3.8) is 0 Å². The zero-order valence-corrected chi connectivity index (χ0v) is 12.4. The van der Waals surface area contributed by atoms with Gasteiger partial charge in [0.25, 0.3) is 0 Å². The van der Waals surface area contributed by atoms with E-state index in [1.807, 2.05) is 36.4 Å². The molecule has 0 radical (unpaired) electrons. The quantitative estimate of drug-likeness (QED) is 0.782. The highest BCUT2D eigenvalue weighted by atomic mass is 16.3. The Balaban J connectivity index is 2.02. The molecule has 0 saturated heterocycles. The minimum absolute atomic E-state index is 0.373. The predicted molar refractivity (Wildman–Crippen MR) is 86.7 cm³/mol. The van der Waals surface area contributed by atoms with Crippen LogP contribution in [0.15, 0.2) is 60.7 Å². The van der Waals surface area contributed by atoms with Crippen molar-refractivity contribution < 1.29 is 5.11 Å². The third-order valence-corrected chi connectivity index (χ3v) is 3.47. The molecule has 1 unspecified atom stereocenters. The maximum atomic E-state index is 10.1. The van der Waals surface area contributed by atoms with Crippen molar-refractivity contribution in [2.24, 2.45) is 5.73 Å². The van der Waals surface area contributed by atoms with Crippen molar-refractivity contribution in [1.82, 2.24) is 4.90 Å². The van der Waals surface area contributed by atoms with Crippen molar-refractivity contribution in [2.75, 3.05) is 13.1 Å². The third kappa shape index (κ3) is 5.68. The lowest BCUT2D eigenvalue weighted by molar-refractivity contribution is 0.0995. The normalized spacial score (nSPS) is 12.5. The van der Waals surface area contributed by atoms with Gasteiger partial charge in [-0.05, 0) is 24.1 Å². The zero-order chi connectivity index (χ0) is 14.9. The lowest BCUT2D eigenvalue weighted by Gasteiger charge is -2.25. The Morgan fingerprint density at radius 1 is 0.857 bits per heavy atom. The van der Waals surface area contributed by atoms with Gasteiger partial charge in [-0.25, -0.2) is 0 Å². The highest BCUT2D eigenvalue weighted by molar-refractivity contribution is 5.17. The van der Waals surface area contributed by atoms with Gasteiger partial charge in [0.15, 0.2) is 0 Å². The third-order valence-electron chi connectivity index (χ3n) is 3.47. The number of rotatable bonds is 8. The van der Waals surface area contributed by atoms with Gasteiger partial charge in [-0.1, -0.05) is 60.7 Å². The Morgan fingerprint density at radius 2 is 1.33 bits per heavy atom. The molecule has 0 spiro atoms. The molecular weight excluding hydrogens is 260 g/mol. The molecule has 0 aliphatic carbocycles. The number of hydrogen-bond donors (Lipinski definition) is 2. The summed E-state index contributed by atoms with van der Waals surface area (Å²) in [6.07, 6.45) is 0.266. The van der Waals surface area contributed by atoms with Crippen LogP contribution in [0.25, 0.3) is 0 Å². The molecule has 0 aromatic heterocycles. The molecule has 21 heavy (non-hydrogen) atoms. The second kappa shape index (κ2) is 8.57. The van der Waals surface area contributed by atoms with Gasteiger partial charge in [-0.15, -0.1) is 0 Å². The van der Waals surface area contributed by atoms with Gasteiger partial charge in [0.2, 0.25) is 0 Å². The van der Waals surface area contributed by atoms with Crippen molar-refractivity contribution in [3.8, 4) is 0 Å². The summed E-state index contributed by atoms with van der Waals surface area (Å²) in [5, 5.41) is 10.1. The lowest BCUT2D eigenvalue weighted by Crippen LogP contribution is -2.32. The first kappa shape index (κ1) is 15.7. The number of nitrogens with zero attached hydrogens (tertiary/aromatic N) is 1. The summed E-state index contributed by atoms with van der Waals surface area (Å²) < 4.78 is 0. The fraction of sp³-hybridized carbons (Fsp3) is 0.333. The molecule has 0 fully saturated rings. The van der Waals surface area contributed by atoms with E-state index >= 15 is 0 Å². The molecule has 2 aromatic rings. The summed E-state index contributed by atoms with van der Waals surface area (Å²) in [5.41, 5.74) is 8.05. The van der Waals surface area contributed by atoms with Crippen LogP contribution in [0.3, 0.4) is 0 Å². The van der Waals surface area contributed by atoms with E-state index in [4.69, 9.17) is 5.73 Å². The molecule has 3 heteroatoms. The van der Waals surface area contributed by atoms with E-state index in [1.54, 1.807) is 0 Å². The van der Waals surface area contributed by atoms with Crippen LogP contribution in [-0.4, -0.2) is 29.2 Å². The van der Waals surface area contributed by atoms with E-state index in [2.05, 4.69) is 29.2 Å². The maximum Gasteiger partial charge on any atom is 0.0679 e. The van der Waals surface area contributed by atoms with E-state index in [1.165, 1.54) is 11.1 Å². The van der Waals surface area contributed by atoms with Gasteiger partial charge >= 0.3 is 0 Å². The highest BCUT2D eigenvalue weighted by Crippen LogP contribution is 2.11. The Labute approximate surface area is 127 Å². The molecule has 0 heterocycles. The van der Waals surface area contributed by atoms with Crippen molar-refractivity contribution >= 4 is 0 Å². The van der Waals surface area contributed by atoms with Crippen molar-refractivity contribution in [1.29, 1.82) is 0 Å². The Hall–Kier alpha value is -1.68. The Bertz CT molecular complexity index is 460. The van der Waals surface area contributed by atoms with Gasteiger partial charge in [0.05, 0.1) is 6.10 Å². The van der Waals surface area contributed by atoms with Crippen LogP contribution in [-0.2, 0) is 13.1 Å². The van der Waals surface area contributed by atoms with Gasteiger partial charge in [-0.3, -0.25) is 4.90 Å². The molecule has 112 valence electrons. The molecule has 0 aliphatic rings. The first-order chi connectivity index (χ1) is 10.3. The molecule has 2 aromatic carbocycles. The summed E-state index contributed by atoms with van der Waals surface area (Å²) in [6, 6.07) is 20.7. The molecule has 3 nitrogen and oxygen atoms in total. The van der Waals surface area contributed by atoms with Gasteiger partial charge < -0.3 is 10.8 Å². The van der Waals surface area contributed by atoms with Crippen LogP contribution in [0.4, 0.5) is 0 Å². The number of nitrogens with two attached hydrogens (primary N) is 1. The van der Waals surface area contributed by atoms with Crippen LogP contribution in [0.2, 0.25) is 0 Å². The van der Waals surface area contributed by atoms with Crippen LogP contribution in [0.1, 0.15) is 17.5 Å². The van der Waals surface area contributed by atoms with E-state index in [-0.39, 0.29) is 6.10 Å². The van der Waals surface area contributed by atoms with Gasteiger partial charge in [0, 0.05) is 19.6 Å². The maximum absolute atomic E-state index is 10.1. The molecule has 1 atom stereocenters. The highest BCUT2D eigenvalue weighted by Gasteiger charge is 2.12. The SMILES string of the molecule is NCCC(O)CN(Cc1ccccc1)Cc1ccccc1. The van der Waals surface area contributed by atoms with Crippen molar-refractivity contribution in [3.05, 3.63) is 71.8 Å². The summed E-state index contributed by atoms with van der Waals surface area (Å²) in [7, 11) is 0. The van der Waals surface area contributed by atoms with E-state index < -0.39 is 0 Å². The van der Waals surface area contributed by atoms with Gasteiger partial charge in [-0.2, -0.15) is 0 Å². The zero-order valence-electron chi connectivity index (χ0n) is 12.4. The molecule has 3 N–H and O–H groups in total.